The Hall–Kier alpha value is -0.120. The number of likely N-dealkylation sites (N-methyl/N-ethyl adjacent to an activating group) is 1. The fourth-order valence-electron chi connectivity index (χ4n) is 1.10. The van der Waals surface area contributed by atoms with E-state index in [0.29, 0.717) is 0 Å². The van der Waals surface area contributed by atoms with Crippen LogP contribution in [0.4, 0.5) is 0 Å². The first kappa shape index (κ1) is 15.4. The van der Waals surface area contributed by atoms with Gasteiger partial charge < -0.3 is 14.7 Å². The number of morpholine rings is 1. The van der Waals surface area contributed by atoms with Gasteiger partial charge in [0.2, 0.25) is 0 Å². The molecule has 1 fully saturated rings. The van der Waals surface area contributed by atoms with Crippen molar-refractivity contribution in [3.05, 3.63) is 0 Å². The van der Waals surface area contributed by atoms with Gasteiger partial charge in [0, 0.05) is 13.1 Å². The van der Waals surface area contributed by atoms with E-state index in [1.807, 2.05) is 20.9 Å². The normalized spacial score (nSPS) is 25.2. The third-order valence-corrected chi connectivity index (χ3v) is 1.83. The number of aliphatic hydroxyl groups is 1. The van der Waals surface area contributed by atoms with Gasteiger partial charge >= 0.3 is 0 Å². The Bertz CT molecular complexity index is 107. The Morgan fingerprint density at radius 2 is 2.00 bits per heavy atom. The highest BCUT2D eigenvalue weighted by atomic mass is 16.5. The first-order valence-electron chi connectivity index (χ1n) is 4.68. The van der Waals surface area contributed by atoms with Crippen LogP contribution in [0.25, 0.3) is 0 Å². The summed E-state index contributed by atoms with van der Waals surface area (Å²) in [7, 11) is 2.04. The Morgan fingerprint density at radius 1 is 1.46 bits per heavy atom. The Balaban J connectivity index is 0. The smallest absolute Gasteiger partial charge is 0.0958 e. The van der Waals surface area contributed by atoms with E-state index < -0.39 is 0 Å². The minimum atomic E-state index is -0.345. The first-order chi connectivity index (χ1) is 5.70. The Morgan fingerprint density at radius 3 is 2.31 bits per heavy atom. The summed E-state index contributed by atoms with van der Waals surface area (Å²) >= 11 is 0. The number of hydrogen-bond donors (Lipinski definition) is 1. The lowest BCUT2D eigenvalue weighted by Gasteiger charge is -2.31. The van der Waals surface area contributed by atoms with Gasteiger partial charge in [-0.05, 0) is 14.0 Å². The van der Waals surface area contributed by atoms with E-state index >= 15 is 0 Å². The molecule has 82 valence electrons. The summed E-state index contributed by atoms with van der Waals surface area (Å²) in [4.78, 5) is 2.17. The summed E-state index contributed by atoms with van der Waals surface area (Å²) in [5.74, 6) is 0. The van der Waals surface area contributed by atoms with E-state index in [9.17, 15) is 0 Å². The monoisotopic (exact) mass is 191 g/mol. The molecule has 1 rings (SSSR count). The zero-order valence-corrected chi connectivity index (χ0v) is 8.58. The molecular formula is C10H25NO2. The zero-order valence-electron chi connectivity index (χ0n) is 8.58. The fraction of sp³-hybridized carbons (Fsp3) is 1.00. The van der Waals surface area contributed by atoms with Gasteiger partial charge in [0.25, 0.3) is 0 Å². The molecule has 0 aliphatic carbocycles. The van der Waals surface area contributed by atoms with E-state index in [0.717, 1.165) is 19.7 Å². The molecule has 1 heterocycles. The predicted octanol–water partition coefficient (Wildman–Crippen LogP) is 1.36. The van der Waals surface area contributed by atoms with Gasteiger partial charge in [0.15, 0.2) is 0 Å². The van der Waals surface area contributed by atoms with Crippen molar-refractivity contribution in [1.82, 2.24) is 4.90 Å². The van der Waals surface area contributed by atoms with E-state index in [1.54, 1.807) is 6.92 Å². The molecule has 1 saturated heterocycles. The van der Waals surface area contributed by atoms with Crippen LogP contribution in [-0.2, 0) is 4.74 Å². The van der Waals surface area contributed by atoms with E-state index in [1.165, 1.54) is 0 Å². The summed E-state index contributed by atoms with van der Waals surface area (Å²) in [5.41, 5.74) is 0. The van der Waals surface area contributed by atoms with Crippen LogP contribution in [0.15, 0.2) is 0 Å². The lowest BCUT2D eigenvalue weighted by molar-refractivity contribution is -0.0767. The van der Waals surface area contributed by atoms with Crippen LogP contribution in [0, 0.1) is 0 Å². The van der Waals surface area contributed by atoms with Crippen LogP contribution in [0.5, 0.6) is 0 Å². The van der Waals surface area contributed by atoms with Gasteiger partial charge in [-0.1, -0.05) is 21.3 Å². The highest BCUT2D eigenvalue weighted by molar-refractivity contribution is 4.72. The third-order valence-electron chi connectivity index (χ3n) is 1.83. The molecule has 1 N–H and O–H groups in total. The lowest BCUT2D eigenvalue weighted by Crippen LogP contribution is -2.44. The SMILES string of the molecule is C.CC.CC(O)C1CN(C)CCO1. The zero-order chi connectivity index (χ0) is 9.56. The van der Waals surface area contributed by atoms with Crippen LogP contribution < -0.4 is 0 Å². The van der Waals surface area contributed by atoms with Crippen LogP contribution >= 0.6 is 0 Å². The van der Waals surface area contributed by atoms with Crippen molar-refractivity contribution in [3.63, 3.8) is 0 Å². The van der Waals surface area contributed by atoms with E-state index in [-0.39, 0.29) is 19.6 Å². The molecule has 0 spiro atoms. The molecule has 0 bridgehead atoms. The van der Waals surface area contributed by atoms with Crippen LogP contribution in [-0.4, -0.2) is 49.0 Å². The number of nitrogens with zero attached hydrogens (tertiary/aromatic N) is 1. The van der Waals surface area contributed by atoms with E-state index in [4.69, 9.17) is 9.84 Å². The van der Waals surface area contributed by atoms with Gasteiger partial charge in [-0.3, -0.25) is 0 Å². The minimum absolute atomic E-state index is 0. The van der Waals surface area contributed by atoms with Gasteiger partial charge in [-0.2, -0.15) is 0 Å². The van der Waals surface area contributed by atoms with Crippen molar-refractivity contribution in [2.45, 2.75) is 40.4 Å². The van der Waals surface area contributed by atoms with Gasteiger partial charge in [-0.15, -0.1) is 0 Å². The highest BCUT2D eigenvalue weighted by Crippen LogP contribution is 2.06. The van der Waals surface area contributed by atoms with Crippen LogP contribution in [0.2, 0.25) is 0 Å². The molecule has 0 amide bonds. The topological polar surface area (TPSA) is 32.7 Å². The maximum absolute atomic E-state index is 9.14. The first-order valence-corrected chi connectivity index (χ1v) is 4.68. The molecular weight excluding hydrogens is 166 g/mol. The molecule has 0 aromatic rings. The number of aliphatic hydroxyl groups excluding tert-OH is 1. The molecule has 13 heavy (non-hydrogen) atoms. The highest BCUT2D eigenvalue weighted by Gasteiger charge is 2.21. The maximum atomic E-state index is 9.14. The number of rotatable bonds is 1. The molecule has 1 aliphatic rings. The Kier molecular flexibility index (Phi) is 10.0. The summed E-state index contributed by atoms with van der Waals surface area (Å²) in [6.45, 7) is 8.33. The predicted molar refractivity (Wildman–Crippen MR) is 57.0 cm³/mol. The van der Waals surface area contributed by atoms with Crippen molar-refractivity contribution in [1.29, 1.82) is 0 Å². The molecule has 2 unspecified atom stereocenters. The minimum Gasteiger partial charge on any atom is -0.391 e. The quantitative estimate of drug-likeness (QED) is 0.679. The van der Waals surface area contributed by atoms with Crippen molar-refractivity contribution in [3.8, 4) is 0 Å². The van der Waals surface area contributed by atoms with Crippen LogP contribution in [0.1, 0.15) is 28.2 Å². The molecule has 1 aliphatic heterocycles. The van der Waals surface area contributed by atoms with Crippen molar-refractivity contribution < 1.29 is 9.84 Å². The molecule has 0 saturated carbocycles. The van der Waals surface area contributed by atoms with Gasteiger partial charge in [0.05, 0.1) is 18.8 Å². The number of ether oxygens (including phenoxy) is 1. The van der Waals surface area contributed by atoms with Crippen LogP contribution in [0.3, 0.4) is 0 Å². The molecule has 0 aromatic carbocycles. The van der Waals surface area contributed by atoms with Crippen molar-refractivity contribution >= 4 is 0 Å². The average molecular weight is 191 g/mol. The van der Waals surface area contributed by atoms with Crippen molar-refractivity contribution in [2.24, 2.45) is 0 Å². The molecule has 2 atom stereocenters. The number of hydrogen-bond acceptors (Lipinski definition) is 3. The van der Waals surface area contributed by atoms with E-state index in [2.05, 4.69) is 4.90 Å². The fourth-order valence-corrected chi connectivity index (χ4v) is 1.10. The largest absolute Gasteiger partial charge is 0.391 e. The summed E-state index contributed by atoms with van der Waals surface area (Å²) in [5, 5.41) is 9.14. The second-order valence-corrected chi connectivity index (χ2v) is 2.91. The molecule has 0 radical (unpaired) electrons. The summed E-state index contributed by atoms with van der Waals surface area (Å²) in [6.07, 6.45) is -0.332. The summed E-state index contributed by atoms with van der Waals surface area (Å²) < 4.78 is 5.32. The van der Waals surface area contributed by atoms with Crippen molar-refractivity contribution in [2.75, 3.05) is 26.7 Å². The molecule has 0 aromatic heterocycles. The second kappa shape index (κ2) is 8.48. The molecule has 3 heteroatoms. The van der Waals surface area contributed by atoms with Gasteiger partial charge in [0.1, 0.15) is 0 Å². The second-order valence-electron chi connectivity index (χ2n) is 2.91. The summed E-state index contributed by atoms with van der Waals surface area (Å²) in [6, 6.07) is 0. The third kappa shape index (κ3) is 6.02. The Labute approximate surface area is 82.7 Å². The standard InChI is InChI=1S/C7H15NO2.C2H6.CH4/c1-6(9)7-5-8(2)3-4-10-7;1-2;/h6-7,9H,3-5H2,1-2H3;1-2H3;1H4. The van der Waals surface area contributed by atoms with Gasteiger partial charge in [-0.25, -0.2) is 0 Å². The average Bonchev–Trinajstić information content (AvgIpc) is 2.08. The molecule has 3 nitrogen and oxygen atoms in total. The maximum Gasteiger partial charge on any atom is 0.0958 e. The lowest BCUT2D eigenvalue weighted by atomic mass is 10.2.